The van der Waals surface area contributed by atoms with Crippen molar-refractivity contribution in [2.45, 2.75) is 115 Å². The van der Waals surface area contributed by atoms with Gasteiger partial charge in [0, 0.05) is 43.2 Å². The molecule has 0 bridgehead atoms. The average Bonchev–Trinajstić information content (AvgIpc) is 3.45. The third-order valence-electron chi connectivity index (χ3n) is 12.9. The molecular weight excluding hydrogens is 765 g/mol. The van der Waals surface area contributed by atoms with Crippen molar-refractivity contribution in [3.63, 3.8) is 0 Å². The summed E-state index contributed by atoms with van der Waals surface area (Å²) in [6.45, 7) is 9.38. The lowest BCUT2D eigenvalue weighted by Gasteiger charge is -2.41. The highest BCUT2D eigenvalue weighted by Crippen LogP contribution is 2.61. The van der Waals surface area contributed by atoms with Crippen LogP contribution in [0.1, 0.15) is 77.3 Å². The number of hydrogen-bond acceptors (Lipinski definition) is 7. The van der Waals surface area contributed by atoms with Gasteiger partial charge in [-0.05, 0) is 88.1 Å². The predicted octanol–water partition coefficient (Wildman–Crippen LogP) is 3.21. The fraction of sp³-hybridized carbons (Fsp3) is 0.558. The van der Waals surface area contributed by atoms with Crippen LogP contribution in [0.5, 0.6) is 0 Å². The Morgan fingerprint density at radius 3 is 2.20 bits per heavy atom. The van der Waals surface area contributed by atoms with Gasteiger partial charge >= 0.3 is 6.03 Å². The van der Waals surface area contributed by atoms with Gasteiger partial charge in [-0.1, -0.05) is 38.5 Å². The van der Waals surface area contributed by atoms with E-state index in [0.717, 1.165) is 17.7 Å². The number of piperidine rings is 1. The number of carbonyl (C=O) groups excluding carboxylic acids is 7. The van der Waals surface area contributed by atoms with E-state index in [-0.39, 0.29) is 43.3 Å². The summed E-state index contributed by atoms with van der Waals surface area (Å²) < 4.78 is 28.9. The molecule has 7 amide bonds. The largest absolute Gasteiger partial charge is 0.343 e. The Hall–Kier alpha value is -5.41. The van der Waals surface area contributed by atoms with Crippen LogP contribution in [-0.4, -0.2) is 111 Å². The molecule has 4 aliphatic heterocycles. The zero-order valence-corrected chi connectivity index (χ0v) is 34.1. The molecule has 5 fully saturated rings. The number of benzene rings is 2. The van der Waals surface area contributed by atoms with Gasteiger partial charge in [0.1, 0.15) is 47.4 Å². The van der Waals surface area contributed by atoms with Gasteiger partial charge in [-0.25, -0.2) is 13.6 Å². The van der Waals surface area contributed by atoms with Crippen LogP contribution in [-0.2, 0) is 35.2 Å². The maximum atomic E-state index is 15.2. The monoisotopic (exact) mass is 817 g/mol. The van der Waals surface area contributed by atoms with E-state index in [2.05, 4.69) is 21.3 Å². The Labute approximate surface area is 342 Å². The molecule has 2 aromatic carbocycles. The van der Waals surface area contributed by atoms with Crippen molar-refractivity contribution >= 4 is 47.0 Å². The van der Waals surface area contributed by atoms with E-state index in [1.807, 2.05) is 13.8 Å². The highest BCUT2D eigenvalue weighted by atomic mass is 19.1. The molecule has 2 aromatic rings. The summed E-state index contributed by atoms with van der Waals surface area (Å²) in [5.41, 5.74) is -1.29. The second kappa shape index (κ2) is 16.0. The molecule has 5 aliphatic rings. The van der Waals surface area contributed by atoms with Crippen LogP contribution >= 0.6 is 0 Å². The third-order valence-corrected chi connectivity index (χ3v) is 12.9. The number of rotatable bonds is 6. The highest BCUT2D eigenvalue weighted by molar-refractivity contribution is 6.13. The number of urea groups is 1. The molecule has 59 heavy (non-hydrogen) atoms. The number of hydrogen-bond donors (Lipinski definition) is 4. The maximum absolute atomic E-state index is 15.2. The van der Waals surface area contributed by atoms with Gasteiger partial charge in [-0.2, -0.15) is 0 Å². The lowest BCUT2D eigenvalue weighted by atomic mass is 9.76. The summed E-state index contributed by atoms with van der Waals surface area (Å²) in [6.07, 6.45) is 2.39. The molecule has 0 radical (unpaired) electrons. The Balaban J connectivity index is 1.28. The average molecular weight is 818 g/mol. The van der Waals surface area contributed by atoms with E-state index >= 15 is 4.79 Å². The van der Waals surface area contributed by atoms with Gasteiger partial charge in [0.25, 0.3) is 0 Å². The van der Waals surface area contributed by atoms with Crippen LogP contribution in [0.2, 0.25) is 0 Å². The quantitative estimate of drug-likeness (QED) is 0.346. The summed E-state index contributed by atoms with van der Waals surface area (Å²) in [7, 11) is 0. The van der Waals surface area contributed by atoms with Gasteiger partial charge in [0.05, 0.1) is 5.92 Å². The molecule has 8 atom stereocenters. The molecule has 14 nitrogen and oxygen atoms in total. The van der Waals surface area contributed by atoms with Gasteiger partial charge in [-0.15, -0.1) is 0 Å². The topological polar surface area (TPSA) is 177 Å². The second-order valence-electron chi connectivity index (χ2n) is 17.7. The van der Waals surface area contributed by atoms with E-state index < -0.39 is 94.3 Å². The molecule has 0 unspecified atom stereocenters. The van der Waals surface area contributed by atoms with E-state index in [0.29, 0.717) is 50.3 Å². The molecule has 1 aliphatic carbocycles. The number of halogens is 2. The first kappa shape index (κ1) is 41.7. The first-order valence-electron chi connectivity index (χ1n) is 20.6. The Bertz CT molecular complexity index is 2040. The molecule has 16 heteroatoms. The summed E-state index contributed by atoms with van der Waals surface area (Å²) in [4.78, 5) is 104. The first-order valence-corrected chi connectivity index (χ1v) is 20.6. The number of nitrogens with zero attached hydrogens (tertiary/aromatic N) is 3. The van der Waals surface area contributed by atoms with E-state index in [1.54, 1.807) is 45.0 Å². The first-order chi connectivity index (χ1) is 27.9. The Kier molecular flexibility index (Phi) is 11.3. The minimum absolute atomic E-state index is 0.0509. The molecule has 1 saturated carbocycles. The smallest absolute Gasteiger partial charge is 0.319 e. The summed E-state index contributed by atoms with van der Waals surface area (Å²) in [5, 5.41) is 11.0. The fourth-order valence-corrected chi connectivity index (χ4v) is 10.1. The number of amides is 7. The molecule has 4 N–H and O–H groups in total. The Morgan fingerprint density at radius 1 is 0.864 bits per heavy atom. The summed E-state index contributed by atoms with van der Waals surface area (Å²) in [5.74, 6) is -5.98. The van der Waals surface area contributed by atoms with Crippen molar-refractivity contribution in [1.29, 1.82) is 0 Å². The van der Waals surface area contributed by atoms with E-state index in [4.69, 9.17) is 0 Å². The van der Waals surface area contributed by atoms with Gasteiger partial charge < -0.3 is 36.0 Å². The zero-order valence-electron chi connectivity index (χ0n) is 34.1. The van der Waals surface area contributed by atoms with Crippen LogP contribution in [0.4, 0.5) is 19.3 Å². The third kappa shape index (κ3) is 7.89. The van der Waals surface area contributed by atoms with Crippen molar-refractivity contribution < 1.29 is 42.3 Å². The van der Waals surface area contributed by atoms with Crippen molar-refractivity contribution in [2.75, 3.05) is 25.0 Å². The molecular formula is C43H53F2N7O7. The van der Waals surface area contributed by atoms with Crippen LogP contribution in [0.15, 0.2) is 42.5 Å². The number of anilines is 1. The standard InChI is InChI=1S/C43H53F2N7O7/c1-23-11-13-29(14-12-23)47-41(59)48-30(19-26-17-27(44)20-28(45)18-26)36(54)49-34-40(58)51-16-8-10-32(51)39(57)50-15-7-6-9-31(50)37(55)46-25(3)38(56)52-22-24(2)21-43(52)33(35(43)53)42(34,4)5/h11-14,17-18,20,24-25,30-34H,6-10,15-16,19,21-22H2,1-5H3,(H,46,55)(H,49,54)(H2,47,48,59)/t24-,25+,30+,31+,32+,33+,34-,43+/m1/s1. The fourth-order valence-electron chi connectivity index (χ4n) is 10.1. The molecule has 4 heterocycles. The lowest BCUT2D eigenvalue weighted by molar-refractivity contribution is -0.152. The number of Topliss-reactive ketones (excluding diaryl/α,β-unsaturated/α-hetero) is 1. The number of ketones is 1. The number of nitrogens with one attached hydrogen (secondary N) is 4. The van der Waals surface area contributed by atoms with Crippen LogP contribution in [0, 0.1) is 35.8 Å². The number of carbonyl (C=O) groups is 7. The zero-order chi connectivity index (χ0) is 42.6. The molecule has 4 saturated heterocycles. The van der Waals surface area contributed by atoms with Gasteiger partial charge in [-0.3, -0.25) is 28.8 Å². The molecule has 1 spiro atoms. The van der Waals surface area contributed by atoms with Crippen molar-refractivity contribution in [2.24, 2.45) is 17.3 Å². The normalized spacial score (nSPS) is 29.9. The minimum atomic E-state index is -1.49. The van der Waals surface area contributed by atoms with E-state index in [9.17, 15) is 37.5 Å². The van der Waals surface area contributed by atoms with Gasteiger partial charge in [0.15, 0.2) is 5.78 Å². The minimum Gasteiger partial charge on any atom is -0.343 e. The van der Waals surface area contributed by atoms with Crippen LogP contribution in [0.3, 0.4) is 0 Å². The highest BCUT2D eigenvalue weighted by Gasteiger charge is 2.77. The summed E-state index contributed by atoms with van der Waals surface area (Å²) >= 11 is 0. The molecule has 0 aromatic heterocycles. The number of fused-ring (bicyclic) bond motifs is 2. The van der Waals surface area contributed by atoms with Crippen molar-refractivity contribution in [3.05, 3.63) is 65.2 Å². The molecule has 7 rings (SSSR count). The Morgan fingerprint density at radius 2 is 1.51 bits per heavy atom. The van der Waals surface area contributed by atoms with Crippen LogP contribution < -0.4 is 21.3 Å². The SMILES string of the molecule is Cc1ccc(NC(=O)N[C@@H](Cc2cc(F)cc(F)c2)C(=O)N[C@@H]2C(=O)N3CCC[C@H]3C(=O)N3CCCC[C@H]3C(=O)N[C@@H](C)C(=O)N3C[C@H](C)C[C@]34C(=O)[C@H]4C2(C)C)cc1. The second-order valence-corrected chi connectivity index (χ2v) is 17.7. The summed E-state index contributed by atoms with van der Waals surface area (Å²) in [6, 6.07) is 3.03. The van der Waals surface area contributed by atoms with Crippen molar-refractivity contribution in [3.8, 4) is 0 Å². The predicted molar refractivity (Wildman–Crippen MR) is 211 cm³/mol. The lowest BCUT2D eigenvalue weighted by Crippen LogP contribution is -2.63. The number of aryl methyl sites for hydroxylation is 1. The van der Waals surface area contributed by atoms with Crippen molar-refractivity contribution in [1.82, 2.24) is 30.7 Å². The molecule has 316 valence electrons. The van der Waals surface area contributed by atoms with Crippen LogP contribution in [0.25, 0.3) is 0 Å². The maximum Gasteiger partial charge on any atom is 0.319 e. The van der Waals surface area contributed by atoms with Gasteiger partial charge in [0.2, 0.25) is 29.5 Å². The van der Waals surface area contributed by atoms with E-state index in [1.165, 1.54) is 14.7 Å².